The van der Waals surface area contributed by atoms with Crippen molar-refractivity contribution in [3.05, 3.63) is 54.0 Å². The van der Waals surface area contributed by atoms with Gasteiger partial charge in [-0.05, 0) is 24.3 Å². The van der Waals surface area contributed by atoms with Gasteiger partial charge in [0, 0.05) is 45.3 Å². The molecular formula is C22H22FN7O2. The second-order valence-electron chi connectivity index (χ2n) is 7.28. The highest BCUT2D eigenvalue weighted by molar-refractivity contribution is 6.11. The number of halogens is 1. The SMILES string of the molecule is CN(C)/C=N/C(=O)Nc1ncc(C(=O)/N=C/N(C)C)c2ccc(-c3cccc(F)c3)nc12. The van der Waals surface area contributed by atoms with Crippen LogP contribution in [0.4, 0.5) is 15.0 Å². The van der Waals surface area contributed by atoms with E-state index in [4.69, 9.17) is 0 Å². The van der Waals surface area contributed by atoms with Gasteiger partial charge < -0.3 is 9.80 Å². The van der Waals surface area contributed by atoms with Crippen LogP contribution in [0.15, 0.2) is 52.6 Å². The first-order valence-corrected chi connectivity index (χ1v) is 9.57. The molecule has 10 heteroatoms. The average Bonchev–Trinajstić information content (AvgIpc) is 2.76. The molecule has 3 aromatic rings. The van der Waals surface area contributed by atoms with Crippen LogP contribution in [0, 0.1) is 5.82 Å². The van der Waals surface area contributed by atoms with E-state index in [9.17, 15) is 14.0 Å². The zero-order valence-corrected chi connectivity index (χ0v) is 18.1. The molecule has 0 atom stereocenters. The highest BCUT2D eigenvalue weighted by atomic mass is 19.1. The van der Waals surface area contributed by atoms with E-state index in [-0.39, 0.29) is 16.9 Å². The summed E-state index contributed by atoms with van der Waals surface area (Å²) in [4.78, 5) is 44.5. The van der Waals surface area contributed by atoms with E-state index >= 15 is 0 Å². The van der Waals surface area contributed by atoms with Crippen molar-refractivity contribution in [1.82, 2.24) is 19.8 Å². The molecule has 0 saturated heterocycles. The molecule has 0 fully saturated rings. The number of fused-ring (bicyclic) bond motifs is 1. The molecule has 0 aliphatic rings. The summed E-state index contributed by atoms with van der Waals surface area (Å²) in [5.74, 6) is -0.802. The molecule has 1 N–H and O–H groups in total. The third kappa shape index (κ3) is 5.48. The van der Waals surface area contributed by atoms with Crippen molar-refractivity contribution >= 4 is 41.3 Å². The number of pyridine rings is 2. The van der Waals surface area contributed by atoms with Gasteiger partial charge >= 0.3 is 6.03 Å². The number of nitrogens with zero attached hydrogens (tertiary/aromatic N) is 6. The predicted molar refractivity (Wildman–Crippen MR) is 123 cm³/mol. The van der Waals surface area contributed by atoms with Gasteiger partial charge in [-0.1, -0.05) is 12.1 Å². The first-order chi connectivity index (χ1) is 15.2. The fourth-order valence-corrected chi connectivity index (χ4v) is 2.73. The first-order valence-electron chi connectivity index (χ1n) is 9.57. The lowest BCUT2D eigenvalue weighted by atomic mass is 10.1. The van der Waals surface area contributed by atoms with Gasteiger partial charge in [-0.25, -0.2) is 19.2 Å². The van der Waals surface area contributed by atoms with Crippen LogP contribution in [0.2, 0.25) is 0 Å². The van der Waals surface area contributed by atoms with Crippen molar-refractivity contribution in [3.63, 3.8) is 0 Å². The van der Waals surface area contributed by atoms with Gasteiger partial charge in [0.25, 0.3) is 5.91 Å². The second kappa shape index (κ2) is 9.73. The van der Waals surface area contributed by atoms with Gasteiger partial charge in [0.1, 0.15) is 11.3 Å². The lowest BCUT2D eigenvalue weighted by Gasteiger charge is -2.11. The molecule has 32 heavy (non-hydrogen) atoms. The number of aliphatic imine (C=N–C) groups is 2. The summed E-state index contributed by atoms with van der Waals surface area (Å²) in [5.41, 5.74) is 1.46. The van der Waals surface area contributed by atoms with Crippen LogP contribution in [0.5, 0.6) is 0 Å². The number of amides is 3. The van der Waals surface area contributed by atoms with Gasteiger partial charge in [-0.3, -0.25) is 10.1 Å². The van der Waals surface area contributed by atoms with Gasteiger partial charge in [0.15, 0.2) is 5.82 Å². The predicted octanol–water partition coefficient (Wildman–Crippen LogP) is 3.29. The number of urea groups is 1. The molecule has 0 radical (unpaired) electrons. The molecular weight excluding hydrogens is 413 g/mol. The summed E-state index contributed by atoms with van der Waals surface area (Å²) in [7, 11) is 6.94. The van der Waals surface area contributed by atoms with Gasteiger partial charge in [0.05, 0.1) is 23.9 Å². The first kappa shape index (κ1) is 22.5. The number of nitrogens with one attached hydrogen (secondary N) is 1. The van der Waals surface area contributed by atoms with E-state index in [1.165, 1.54) is 31.0 Å². The lowest BCUT2D eigenvalue weighted by molar-refractivity contribution is 0.100. The van der Waals surface area contributed by atoms with Gasteiger partial charge in [-0.2, -0.15) is 9.98 Å². The summed E-state index contributed by atoms with van der Waals surface area (Å²) in [5, 5.41) is 3.02. The number of carbonyl (C=O) groups excluding carboxylic acids is 2. The number of benzene rings is 1. The van der Waals surface area contributed by atoms with Crippen LogP contribution in [0.25, 0.3) is 22.2 Å². The molecule has 0 spiro atoms. The highest BCUT2D eigenvalue weighted by Crippen LogP contribution is 2.28. The molecule has 0 unspecified atom stereocenters. The normalized spacial score (nSPS) is 11.3. The van der Waals surface area contributed by atoms with E-state index in [2.05, 4.69) is 25.3 Å². The van der Waals surface area contributed by atoms with Crippen LogP contribution in [0.1, 0.15) is 10.4 Å². The molecule has 0 bridgehead atoms. The van der Waals surface area contributed by atoms with E-state index in [1.807, 2.05) is 0 Å². The van der Waals surface area contributed by atoms with E-state index in [1.54, 1.807) is 62.3 Å². The largest absolute Gasteiger partial charge is 0.369 e. The van der Waals surface area contributed by atoms with Crippen LogP contribution in [-0.2, 0) is 0 Å². The maximum absolute atomic E-state index is 13.7. The fourth-order valence-electron chi connectivity index (χ4n) is 2.73. The number of anilines is 1. The van der Waals surface area contributed by atoms with Gasteiger partial charge in [-0.15, -0.1) is 0 Å². The molecule has 2 heterocycles. The standard InChI is InChI=1S/C22H22FN7O2/c1-29(2)12-25-21(31)17-11-24-20(28-22(32)26-13-30(3)4)19-16(17)8-9-18(27-19)14-6-5-7-15(23)10-14/h5-13H,1-4H3,(H,24,28,32)/b25-12+,26-13+. The molecule has 1 aromatic carbocycles. The Kier molecular flexibility index (Phi) is 6.83. The zero-order valence-electron chi connectivity index (χ0n) is 18.1. The summed E-state index contributed by atoms with van der Waals surface area (Å²) in [6.07, 6.45) is 4.05. The Morgan fingerprint density at radius 2 is 1.75 bits per heavy atom. The van der Waals surface area contributed by atoms with Crippen molar-refractivity contribution in [1.29, 1.82) is 0 Å². The Hall–Kier alpha value is -4.21. The number of hydrogen-bond acceptors (Lipinski definition) is 4. The molecule has 9 nitrogen and oxygen atoms in total. The molecule has 0 saturated carbocycles. The number of carbonyl (C=O) groups is 2. The summed E-state index contributed by atoms with van der Waals surface area (Å²) in [6, 6.07) is 8.64. The van der Waals surface area contributed by atoms with E-state index < -0.39 is 17.8 Å². The molecule has 2 aromatic heterocycles. The smallest absolute Gasteiger partial charge is 0.347 e. The third-order valence-corrected chi connectivity index (χ3v) is 4.12. The fraction of sp³-hybridized carbons (Fsp3) is 0.182. The summed E-state index contributed by atoms with van der Waals surface area (Å²) < 4.78 is 13.7. The highest BCUT2D eigenvalue weighted by Gasteiger charge is 2.17. The molecule has 3 amide bonds. The van der Waals surface area contributed by atoms with E-state index in [0.29, 0.717) is 16.6 Å². The quantitative estimate of drug-likeness (QED) is 0.487. The Balaban J connectivity index is 2.12. The van der Waals surface area contributed by atoms with Crippen molar-refractivity contribution in [3.8, 4) is 11.3 Å². The molecule has 3 rings (SSSR count). The maximum atomic E-state index is 13.7. The monoisotopic (exact) mass is 435 g/mol. The van der Waals surface area contributed by atoms with Crippen molar-refractivity contribution in [2.24, 2.45) is 9.98 Å². The van der Waals surface area contributed by atoms with Crippen LogP contribution < -0.4 is 5.32 Å². The Morgan fingerprint density at radius 3 is 2.44 bits per heavy atom. The van der Waals surface area contributed by atoms with Crippen molar-refractivity contribution in [2.75, 3.05) is 33.5 Å². The summed E-state index contributed by atoms with van der Waals surface area (Å²) in [6.45, 7) is 0. The molecule has 0 aliphatic heterocycles. The van der Waals surface area contributed by atoms with Crippen LogP contribution in [-0.4, -0.2) is 72.6 Å². The third-order valence-electron chi connectivity index (χ3n) is 4.12. The van der Waals surface area contributed by atoms with Crippen LogP contribution in [0.3, 0.4) is 0 Å². The Labute approximate surface area is 184 Å². The molecule has 164 valence electrons. The number of aromatic nitrogens is 2. The van der Waals surface area contributed by atoms with Crippen molar-refractivity contribution in [2.45, 2.75) is 0 Å². The topological polar surface area (TPSA) is 103 Å². The maximum Gasteiger partial charge on any atom is 0.347 e. The lowest BCUT2D eigenvalue weighted by Crippen LogP contribution is -2.14. The summed E-state index contributed by atoms with van der Waals surface area (Å²) >= 11 is 0. The van der Waals surface area contributed by atoms with Crippen LogP contribution >= 0.6 is 0 Å². The molecule has 0 aliphatic carbocycles. The zero-order chi connectivity index (χ0) is 23.3. The minimum absolute atomic E-state index is 0.118. The second-order valence-corrected chi connectivity index (χ2v) is 7.28. The van der Waals surface area contributed by atoms with Gasteiger partial charge in [0.2, 0.25) is 0 Å². The van der Waals surface area contributed by atoms with E-state index in [0.717, 1.165) is 0 Å². The minimum Gasteiger partial charge on any atom is -0.369 e. The Morgan fingerprint density at radius 1 is 1.03 bits per heavy atom. The van der Waals surface area contributed by atoms with Crippen molar-refractivity contribution < 1.29 is 14.0 Å². The number of rotatable bonds is 5. The minimum atomic E-state index is -0.657. The Bertz CT molecular complexity index is 1220. The number of hydrogen-bond donors (Lipinski definition) is 1. The average molecular weight is 435 g/mol.